The number of piperazine rings is 1. The van der Waals surface area contributed by atoms with Crippen LogP contribution in [0.5, 0.6) is 5.88 Å². The van der Waals surface area contributed by atoms with Crippen molar-refractivity contribution in [3.05, 3.63) is 17.1 Å². The number of nitrogens with one attached hydrogen (secondary N) is 1. The number of amides is 1. The minimum atomic E-state index is -1.05. The van der Waals surface area contributed by atoms with Gasteiger partial charge in [-0.05, 0) is 39.4 Å². The van der Waals surface area contributed by atoms with Gasteiger partial charge in [-0.15, -0.1) is 0 Å². The molecule has 168 valence electrons. The van der Waals surface area contributed by atoms with Crippen LogP contribution in [0.2, 0.25) is 0 Å². The third-order valence-corrected chi connectivity index (χ3v) is 6.57. The van der Waals surface area contributed by atoms with Crippen molar-refractivity contribution >= 4 is 11.8 Å². The molecule has 0 aromatic carbocycles. The first-order chi connectivity index (χ1) is 15.0. The van der Waals surface area contributed by atoms with Gasteiger partial charge in [0.15, 0.2) is 0 Å². The molecule has 1 aromatic rings. The van der Waals surface area contributed by atoms with Gasteiger partial charge in [-0.3, -0.25) is 0 Å². The number of rotatable bonds is 5. The van der Waals surface area contributed by atoms with Gasteiger partial charge >= 0.3 is 6.09 Å². The highest BCUT2D eigenvalue weighted by molar-refractivity contribution is 5.67. The molecule has 0 spiro atoms. The Labute approximate surface area is 181 Å². The second-order valence-electron chi connectivity index (χ2n) is 8.46. The maximum Gasteiger partial charge on any atom is 0.407 e. The van der Waals surface area contributed by atoms with Gasteiger partial charge < -0.3 is 29.9 Å². The highest BCUT2D eigenvalue weighted by Gasteiger charge is 2.35. The number of hydrogen-bond acceptors (Lipinski definition) is 7. The number of hydrogen-bond donors (Lipinski definition) is 2. The summed E-state index contributed by atoms with van der Waals surface area (Å²) < 4.78 is 21.6. The monoisotopic (exact) mass is 432 g/mol. The van der Waals surface area contributed by atoms with E-state index in [9.17, 15) is 9.90 Å². The van der Waals surface area contributed by atoms with E-state index in [-0.39, 0.29) is 31.4 Å². The Morgan fingerprint density at radius 2 is 2.23 bits per heavy atom. The van der Waals surface area contributed by atoms with Crippen LogP contribution in [0.1, 0.15) is 30.5 Å². The molecule has 0 aliphatic carbocycles. The lowest BCUT2D eigenvalue weighted by Crippen LogP contribution is -2.55. The molecule has 3 aliphatic rings. The maximum atomic E-state index is 15.7. The van der Waals surface area contributed by atoms with Crippen molar-refractivity contribution in [1.29, 1.82) is 5.26 Å². The minimum Gasteiger partial charge on any atom is -0.474 e. The van der Waals surface area contributed by atoms with E-state index >= 15 is 4.39 Å². The average molecular weight is 433 g/mol. The lowest BCUT2D eigenvalue weighted by atomic mass is 10.0. The zero-order chi connectivity index (χ0) is 22.0. The fraction of sp³-hybridized carbons (Fsp3) is 0.667. The summed E-state index contributed by atoms with van der Waals surface area (Å²) >= 11 is 0. The number of nitrogens with zero attached hydrogens (tertiary/aromatic N) is 5. The molecule has 2 N–H and O–H groups in total. The molecular weight excluding hydrogens is 403 g/mol. The Morgan fingerprint density at radius 3 is 2.94 bits per heavy atom. The van der Waals surface area contributed by atoms with Gasteiger partial charge in [0.2, 0.25) is 5.82 Å². The van der Waals surface area contributed by atoms with Crippen LogP contribution in [-0.4, -0.2) is 84.4 Å². The van der Waals surface area contributed by atoms with Crippen molar-refractivity contribution in [3.63, 3.8) is 0 Å². The number of carbonyl (C=O) groups is 1. The molecule has 31 heavy (non-hydrogen) atoms. The summed E-state index contributed by atoms with van der Waals surface area (Å²) in [5, 5.41) is 21.9. The van der Waals surface area contributed by atoms with Crippen LogP contribution in [0, 0.1) is 17.1 Å². The summed E-state index contributed by atoms with van der Waals surface area (Å²) in [6.07, 6.45) is 1.78. The van der Waals surface area contributed by atoms with Crippen LogP contribution >= 0.6 is 0 Å². The standard InChI is InChI=1S/C21H29FN6O3/c1-26-8-2-3-15(26)13-31-20-18(22)19(16-5-7-24-11-17(16)25-20)27-9-10-28(21(29)30)14(12-27)4-6-23/h14-15,24H,2-5,7-13H2,1H3,(H,29,30)/t14-,15-/m0/s1. The quantitative estimate of drug-likeness (QED) is 0.720. The number of carboxylic acid groups (broad SMARTS) is 1. The molecule has 0 radical (unpaired) electrons. The number of anilines is 1. The summed E-state index contributed by atoms with van der Waals surface area (Å²) in [5.41, 5.74) is 2.07. The molecule has 0 saturated carbocycles. The van der Waals surface area contributed by atoms with Gasteiger partial charge in [-0.1, -0.05) is 0 Å². The zero-order valence-electron chi connectivity index (χ0n) is 17.8. The molecule has 4 rings (SSSR count). The minimum absolute atomic E-state index is 0.00949. The van der Waals surface area contributed by atoms with E-state index in [1.165, 1.54) is 4.90 Å². The lowest BCUT2D eigenvalue weighted by Gasteiger charge is -2.41. The van der Waals surface area contributed by atoms with Crippen LogP contribution in [0.3, 0.4) is 0 Å². The molecule has 1 amide bonds. The van der Waals surface area contributed by atoms with Crippen LogP contribution in [0.25, 0.3) is 0 Å². The summed E-state index contributed by atoms with van der Waals surface area (Å²) in [6.45, 7) is 3.52. The van der Waals surface area contributed by atoms with E-state index in [1.807, 2.05) is 11.9 Å². The Bertz CT molecular complexity index is 876. The highest BCUT2D eigenvalue weighted by atomic mass is 19.1. The molecule has 9 nitrogen and oxygen atoms in total. The van der Waals surface area contributed by atoms with E-state index in [2.05, 4.69) is 21.3 Å². The van der Waals surface area contributed by atoms with Crippen molar-refractivity contribution in [2.24, 2.45) is 0 Å². The van der Waals surface area contributed by atoms with E-state index in [0.717, 1.165) is 37.2 Å². The van der Waals surface area contributed by atoms with Gasteiger partial charge in [-0.2, -0.15) is 9.65 Å². The average Bonchev–Trinajstić information content (AvgIpc) is 3.17. The van der Waals surface area contributed by atoms with Gasteiger partial charge in [0, 0.05) is 37.8 Å². The normalized spacial score (nSPS) is 24.0. The van der Waals surface area contributed by atoms with Gasteiger partial charge in [0.25, 0.3) is 5.88 Å². The van der Waals surface area contributed by atoms with Crippen LogP contribution in [0.4, 0.5) is 14.9 Å². The number of likely N-dealkylation sites (N-methyl/N-ethyl adjacent to an activating group) is 1. The largest absolute Gasteiger partial charge is 0.474 e. The first-order valence-electron chi connectivity index (χ1n) is 10.9. The number of pyridine rings is 1. The third-order valence-electron chi connectivity index (χ3n) is 6.57. The fourth-order valence-corrected chi connectivity index (χ4v) is 4.82. The Morgan fingerprint density at radius 1 is 1.39 bits per heavy atom. The summed E-state index contributed by atoms with van der Waals surface area (Å²) in [6, 6.07) is 1.81. The van der Waals surface area contributed by atoms with E-state index in [1.54, 1.807) is 0 Å². The van der Waals surface area contributed by atoms with Gasteiger partial charge in [-0.25, -0.2) is 9.78 Å². The first kappa shape index (κ1) is 21.6. The first-order valence-corrected chi connectivity index (χ1v) is 10.9. The highest BCUT2D eigenvalue weighted by Crippen LogP contribution is 2.35. The van der Waals surface area contributed by atoms with E-state index < -0.39 is 18.0 Å². The van der Waals surface area contributed by atoms with Crippen molar-refractivity contribution in [1.82, 2.24) is 20.1 Å². The third kappa shape index (κ3) is 4.38. The van der Waals surface area contributed by atoms with E-state index in [4.69, 9.17) is 10.00 Å². The molecule has 10 heteroatoms. The van der Waals surface area contributed by atoms with Crippen LogP contribution in [0.15, 0.2) is 0 Å². The lowest BCUT2D eigenvalue weighted by molar-refractivity contribution is 0.119. The smallest absolute Gasteiger partial charge is 0.407 e. The number of halogens is 1. The Balaban J connectivity index is 1.63. The molecule has 1 aromatic heterocycles. The van der Waals surface area contributed by atoms with E-state index in [0.29, 0.717) is 31.8 Å². The van der Waals surface area contributed by atoms with Crippen molar-refractivity contribution in [2.45, 2.75) is 44.3 Å². The number of ether oxygens (including phenoxy) is 1. The molecule has 0 unspecified atom stereocenters. The predicted octanol–water partition coefficient (Wildman–Crippen LogP) is 1.42. The molecular formula is C21H29FN6O3. The molecule has 2 atom stereocenters. The SMILES string of the molecule is CN1CCC[C@H]1COc1nc2c(c(N3CCN(C(=O)O)[C@@H](CC#N)C3)c1F)CCNC2. The maximum absolute atomic E-state index is 15.7. The van der Waals surface area contributed by atoms with Crippen molar-refractivity contribution in [3.8, 4) is 11.9 Å². The molecule has 3 aliphatic heterocycles. The second-order valence-corrected chi connectivity index (χ2v) is 8.46. The molecule has 0 bridgehead atoms. The number of aromatic nitrogens is 1. The van der Waals surface area contributed by atoms with Crippen LogP contribution < -0.4 is 15.0 Å². The number of likely N-dealkylation sites (tertiary alicyclic amines) is 1. The summed E-state index contributed by atoms with van der Waals surface area (Å²) in [5.74, 6) is -0.476. The zero-order valence-corrected chi connectivity index (χ0v) is 17.8. The van der Waals surface area contributed by atoms with Crippen LogP contribution in [-0.2, 0) is 13.0 Å². The molecule has 2 saturated heterocycles. The van der Waals surface area contributed by atoms with Gasteiger partial charge in [0.05, 0.1) is 29.9 Å². The van der Waals surface area contributed by atoms with Crippen molar-refractivity contribution < 1.29 is 19.0 Å². The molecule has 2 fully saturated rings. The summed E-state index contributed by atoms with van der Waals surface area (Å²) in [7, 11) is 2.05. The van der Waals surface area contributed by atoms with Gasteiger partial charge in [0.1, 0.15) is 6.61 Å². The second kappa shape index (κ2) is 9.24. The summed E-state index contributed by atoms with van der Waals surface area (Å²) in [4.78, 5) is 21.4. The number of fused-ring (bicyclic) bond motifs is 1. The van der Waals surface area contributed by atoms with Crippen molar-refractivity contribution in [2.75, 3.05) is 51.3 Å². The fourth-order valence-electron chi connectivity index (χ4n) is 4.82. The molecule has 4 heterocycles. The Hall–Kier alpha value is -2.64. The Kier molecular flexibility index (Phi) is 6.43. The topological polar surface area (TPSA) is 105 Å². The number of nitriles is 1. The predicted molar refractivity (Wildman–Crippen MR) is 112 cm³/mol.